The van der Waals surface area contributed by atoms with E-state index in [-0.39, 0.29) is 17.9 Å². The Morgan fingerprint density at radius 3 is 2.71 bits per heavy atom. The molecule has 0 saturated carbocycles. The highest BCUT2D eigenvalue weighted by atomic mass is 35.5. The molecule has 0 aliphatic heterocycles. The van der Waals surface area contributed by atoms with Gasteiger partial charge in [0, 0.05) is 29.2 Å². The highest BCUT2D eigenvalue weighted by Gasteiger charge is 2.18. The topological polar surface area (TPSA) is 49.3 Å². The molecule has 0 fully saturated rings. The first-order valence-electron chi connectivity index (χ1n) is 5.51. The zero-order valence-electron chi connectivity index (χ0n) is 10.4. The number of aliphatic hydroxyl groups excluding tert-OH is 1. The van der Waals surface area contributed by atoms with Crippen molar-refractivity contribution in [2.24, 2.45) is 5.41 Å². The second kappa shape index (κ2) is 5.52. The summed E-state index contributed by atoms with van der Waals surface area (Å²) in [5.41, 5.74) is 1.14. The molecule has 1 amide bonds. The predicted molar refractivity (Wildman–Crippen MR) is 69.4 cm³/mol. The summed E-state index contributed by atoms with van der Waals surface area (Å²) in [4.78, 5) is 11.9. The second-order valence-electron chi connectivity index (χ2n) is 4.96. The molecule has 0 aliphatic rings. The van der Waals surface area contributed by atoms with Crippen LogP contribution in [0.2, 0.25) is 5.02 Å². The summed E-state index contributed by atoms with van der Waals surface area (Å²) in [7, 11) is 0. The first-order valence-corrected chi connectivity index (χ1v) is 5.89. The number of carbonyl (C=O) groups is 1. The molecule has 0 unspecified atom stereocenters. The zero-order chi connectivity index (χ0) is 13.1. The Bertz CT molecular complexity index is 416. The molecule has 0 saturated heterocycles. The molecule has 0 heterocycles. The van der Waals surface area contributed by atoms with Gasteiger partial charge in [0.1, 0.15) is 0 Å². The van der Waals surface area contributed by atoms with Crippen LogP contribution in [0.5, 0.6) is 0 Å². The monoisotopic (exact) mass is 255 g/mol. The maximum Gasteiger partial charge on any atom is 0.251 e. The largest absolute Gasteiger partial charge is 0.396 e. The third-order valence-electron chi connectivity index (χ3n) is 2.60. The molecule has 1 aromatic rings. The molecule has 4 heteroatoms. The van der Waals surface area contributed by atoms with Crippen molar-refractivity contribution in [3.8, 4) is 0 Å². The number of hydrogen-bond donors (Lipinski definition) is 2. The standard InChI is InChI=1S/C13H18ClNO2/c1-9-4-5-10(14)6-11(9)12(17)15-7-13(2,3)8-16/h4-6,16H,7-8H2,1-3H3,(H,15,17). The van der Waals surface area contributed by atoms with Gasteiger partial charge in [-0.15, -0.1) is 0 Å². The maximum atomic E-state index is 11.9. The summed E-state index contributed by atoms with van der Waals surface area (Å²) in [6.07, 6.45) is 0. The predicted octanol–water partition coefficient (Wildman–Crippen LogP) is 2.40. The van der Waals surface area contributed by atoms with Crippen molar-refractivity contribution >= 4 is 17.5 Å². The van der Waals surface area contributed by atoms with E-state index in [0.717, 1.165) is 5.56 Å². The number of benzene rings is 1. The molecule has 0 aliphatic carbocycles. The molecule has 3 nitrogen and oxygen atoms in total. The second-order valence-corrected chi connectivity index (χ2v) is 5.40. The van der Waals surface area contributed by atoms with Gasteiger partial charge in [-0.3, -0.25) is 4.79 Å². The molecule has 1 aromatic carbocycles. The number of amides is 1. The molecule has 0 radical (unpaired) electrons. The van der Waals surface area contributed by atoms with Gasteiger partial charge in [0.2, 0.25) is 0 Å². The molecule has 17 heavy (non-hydrogen) atoms. The summed E-state index contributed by atoms with van der Waals surface area (Å²) in [5, 5.41) is 12.4. The third kappa shape index (κ3) is 4.02. The lowest BCUT2D eigenvalue weighted by Gasteiger charge is -2.22. The number of halogens is 1. The van der Waals surface area contributed by atoms with Crippen molar-refractivity contribution in [3.63, 3.8) is 0 Å². The van der Waals surface area contributed by atoms with Gasteiger partial charge in [0.05, 0.1) is 0 Å². The Kier molecular flexibility index (Phi) is 4.54. The van der Waals surface area contributed by atoms with Crippen molar-refractivity contribution in [1.82, 2.24) is 5.32 Å². The summed E-state index contributed by atoms with van der Waals surface area (Å²) in [6.45, 7) is 6.09. The lowest BCUT2D eigenvalue weighted by molar-refractivity contribution is 0.0910. The van der Waals surface area contributed by atoms with Crippen molar-refractivity contribution in [3.05, 3.63) is 34.3 Å². The van der Waals surface area contributed by atoms with Crippen LogP contribution < -0.4 is 5.32 Å². The fraction of sp³-hybridized carbons (Fsp3) is 0.462. The van der Waals surface area contributed by atoms with Crippen LogP contribution >= 0.6 is 11.6 Å². The molecular formula is C13H18ClNO2. The molecule has 0 aromatic heterocycles. The van der Waals surface area contributed by atoms with Gasteiger partial charge < -0.3 is 10.4 Å². The smallest absolute Gasteiger partial charge is 0.251 e. The SMILES string of the molecule is Cc1ccc(Cl)cc1C(=O)NCC(C)(C)CO. The van der Waals surface area contributed by atoms with E-state index in [2.05, 4.69) is 5.32 Å². The summed E-state index contributed by atoms with van der Waals surface area (Å²) in [6, 6.07) is 5.22. The van der Waals surface area contributed by atoms with Crippen LogP contribution in [0.1, 0.15) is 29.8 Å². The van der Waals surface area contributed by atoms with E-state index < -0.39 is 0 Å². The van der Waals surface area contributed by atoms with Gasteiger partial charge in [-0.05, 0) is 24.6 Å². The van der Waals surface area contributed by atoms with Crippen LogP contribution in [0.25, 0.3) is 0 Å². The quantitative estimate of drug-likeness (QED) is 0.868. The molecule has 0 bridgehead atoms. The molecule has 0 atom stereocenters. The Morgan fingerprint density at radius 1 is 1.47 bits per heavy atom. The van der Waals surface area contributed by atoms with Crippen LogP contribution in [0.15, 0.2) is 18.2 Å². The lowest BCUT2D eigenvalue weighted by Crippen LogP contribution is -2.36. The average Bonchev–Trinajstić information content (AvgIpc) is 2.29. The summed E-state index contributed by atoms with van der Waals surface area (Å²) in [5.74, 6) is -0.161. The Balaban J connectivity index is 2.74. The van der Waals surface area contributed by atoms with E-state index in [1.54, 1.807) is 12.1 Å². The van der Waals surface area contributed by atoms with Gasteiger partial charge in [-0.1, -0.05) is 31.5 Å². The van der Waals surface area contributed by atoms with E-state index in [9.17, 15) is 4.79 Å². The highest BCUT2D eigenvalue weighted by Crippen LogP contribution is 2.16. The normalized spacial score (nSPS) is 11.4. The van der Waals surface area contributed by atoms with Crippen molar-refractivity contribution in [2.45, 2.75) is 20.8 Å². The number of hydrogen-bond acceptors (Lipinski definition) is 2. The third-order valence-corrected chi connectivity index (χ3v) is 2.83. The lowest BCUT2D eigenvalue weighted by atomic mass is 9.95. The number of nitrogens with one attached hydrogen (secondary N) is 1. The molecule has 2 N–H and O–H groups in total. The maximum absolute atomic E-state index is 11.9. The van der Waals surface area contributed by atoms with Crippen LogP contribution in [0.3, 0.4) is 0 Å². The summed E-state index contributed by atoms with van der Waals surface area (Å²) < 4.78 is 0. The fourth-order valence-corrected chi connectivity index (χ4v) is 1.48. The van der Waals surface area contributed by atoms with E-state index in [0.29, 0.717) is 17.1 Å². The fourth-order valence-electron chi connectivity index (χ4n) is 1.31. The first kappa shape index (κ1) is 14.0. The number of aryl methyl sites for hydroxylation is 1. The average molecular weight is 256 g/mol. The van der Waals surface area contributed by atoms with Gasteiger partial charge in [0.25, 0.3) is 5.91 Å². The molecule has 94 valence electrons. The van der Waals surface area contributed by atoms with E-state index >= 15 is 0 Å². The van der Waals surface area contributed by atoms with Crippen LogP contribution in [0.4, 0.5) is 0 Å². The van der Waals surface area contributed by atoms with Crippen LogP contribution in [-0.4, -0.2) is 24.2 Å². The Labute approximate surface area is 107 Å². The van der Waals surface area contributed by atoms with Crippen molar-refractivity contribution in [1.29, 1.82) is 0 Å². The van der Waals surface area contributed by atoms with Gasteiger partial charge >= 0.3 is 0 Å². The number of rotatable bonds is 4. The number of carbonyl (C=O) groups excluding carboxylic acids is 1. The molecule has 1 rings (SSSR count). The van der Waals surface area contributed by atoms with Crippen LogP contribution in [-0.2, 0) is 0 Å². The van der Waals surface area contributed by atoms with E-state index in [1.807, 2.05) is 26.8 Å². The molecular weight excluding hydrogens is 238 g/mol. The van der Waals surface area contributed by atoms with Gasteiger partial charge in [0.15, 0.2) is 0 Å². The van der Waals surface area contributed by atoms with E-state index in [4.69, 9.17) is 16.7 Å². The van der Waals surface area contributed by atoms with Gasteiger partial charge in [-0.2, -0.15) is 0 Å². The minimum atomic E-state index is -0.317. The molecule has 0 spiro atoms. The Hall–Kier alpha value is -1.06. The minimum absolute atomic E-state index is 0.0296. The zero-order valence-corrected chi connectivity index (χ0v) is 11.1. The summed E-state index contributed by atoms with van der Waals surface area (Å²) >= 11 is 5.86. The van der Waals surface area contributed by atoms with Crippen LogP contribution in [0, 0.1) is 12.3 Å². The Morgan fingerprint density at radius 2 is 2.12 bits per heavy atom. The van der Waals surface area contributed by atoms with Crippen molar-refractivity contribution in [2.75, 3.05) is 13.2 Å². The van der Waals surface area contributed by atoms with Crippen molar-refractivity contribution < 1.29 is 9.90 Å². The first-order chi connectivity index (χ1) is 7.85. The minimum Gasteiger partial charge on any atom is -0.396 e. The van der Waals surface area contributed by atoms with E-state index in [1.165, 1.54) is 0 Å². The van der Waals surface area contributed by atoms with Gasteiger partial charge in [-0.25, -0.2) is 0 Å². The highest BCUT2D eigenvalue weighted by molar-refractivity contribution is 6.31. The number of aliphatic hydroxyl groups is 1.